The summed E-state index contributed by atoms with van der Waals surface area (Å²) in [6.45, 7) is 8.47. The van der Waals surface area contributed by atoms with Gasteiger partial charge in [0.1, 0.15) is 10.1 Å². The van der Waals surface area contributed by atoms with Gasteiger partial charge in [0.25, 0.3) is 0 Å². The Morgan fingerprint density at radius 1 is 0.606 bits per heavy atom. The van der Waals surface area contributed by atoms with Crippen LogP contribution >= 0.6 is 0 Å². The predicted molar refractivity (Wildman–Crippen MR) is 135 cm³/mol. The van der Waals surface area contributed by atoms with Crippen molar-refractivity contribution in [2.24, 2.45) is 0 Å². The van der Waals surface area contributed by atoms with Gasteiger partial charge in [-0.3, -0.25) is 0 Å². The minimum atomic E-state index is -4.27. The number of hydrogen-bond acceptors (Lipinski definition) is 3. The van der Waals surface area contributed by atoms with Gasteiger partial charge in [0.15, 0.2) is 14.7 Å². The Morgan fingerprint density at radius 2 is 1.03 bits per heavy atom. The highest BCUT2D eigenvalue weighted by Gasteiger charge is 2.31. The summed E-state index contributed by atoms with van der Waals surface area (Å²) < 4.78 is 31.2. The van der Waals surface area contributed by atoms with Gasteiger partial charge in [-0.25, -0.2) is 8.42 Å². The van der Waals surface area contributed by atoms with Gasteiger partial charge >= 0.3 is 0 Å². The molecule has 4 aromatic rings. The molecule has 33 heavy (non-hydrogen) atoms. The third kappa shape index (κ3) is 6.57. The van der Waals surface area contributed by atoms with Crippen molar-refractivity contribution in [1.82, 2.24) is 0 Å². The van der Waals surface area contributed by atoms with Gasteiger partial charge in [0.05, 0.1) is 15.8 Å². The minimum absolute atomic E-state index is 0.0460. The third-order valence-electron chi connectivity index (χ3n) is 5.08. The van der Waals surface area contributed by atoms with Gasteiger partial charge in [-0.2, -0.15) is 0 Å². The van der Waals surface area contributed by atoms with E-state index in [1.54, 1.807) is 12.1 Å². The molecule has 0 saturated heterocycles. The Hall–Kier alpha value is -2.86. The summed E-state index contributed by atoms with van der Waals surface area (Å²) in [5, 5.41) is 0. The van der Waals surface area contributed by atoms with E-state index in [2.05, 4.69) is 93.6 Å². The van der Waals surface area contributed by atoms with E-state index in [0.29, 0.717) is 0 Å². The fourth-order valence-electron chi connectivity index (χ4n) is 3.68. The van der Waals surface area contributed by atoms with E-state index in [1.807, 2.05) is 6.92 Å². The van der Waals surface area contributed by atoms with Crippen LogP contribution in [0.4, 0.5) is 0 Å². The van der Waals surface area contributed by atoms with Crippen LogP contribution in [0, 0.1) is 27.7 Å². The molecule has 0 aromatic heterocycles. The maximum Gasteiger partial charge on any atom is 0.172 e. The molecule has 0 radical (unpaired) electrons. The Labute approximate surface area is 200 Å². The summed E-state index contributed by atoms with van der Waals surface area (Å²) in [4.78, 5) is 4.04. The SMILES string of the molecule is Cc1cc(C)c([S+](c2ccccc2)c2ccccc2)c(C)c1.Cc1ccc(S(=O)(=O)[O-])cc1. The zero-order valence-electron chi connectivity index (χ0n) is 19.3. The Bertz CT molecular complexity index is 1240. The van der Waals surface area contributed by atoms with E-state index < -0.39 is 10.1 Å². The van der Waals surface area contributed by atoms with Crippen molar-refractivity contribution in [3.8, 4) is 0 Å². The van der Waals surface area contributed by atoms with Gasteiger partial charge < -0.3 is 4.55 Å². The van der Waals surface area contributed by atoms with Crippen LogP contribution in [-0.2, 0) is 21.0 Å². The van der Waals surface area contributed by atoms with Gasteiger partial charge in [-0.15, -0.1) is 0 Å². The molecular weight excluding hydrogens is 448 g/mol. The van der Waals surface area contributed by atoms with E-state index in [4.69, 9.17) is 0 Å². The number of benzene rings is 4. The van der Waals surface area contributed by atoms with Crippen LogP contribution in [0.5, 0.6) is 0 Å². The van der Waals surface area contributed by atoms with Crippen LogP contribution in [-0.4, -0.2) is 13.0 Å². The van der Waals surface area contributed by atoms with Crippen molar-refractivity contribution in [3.05, 3.63) is 119 Å². The molecule has 0 aliphatic carbocycles. The van der Waals surface area contributed by atoms with Crippen LogP contribution in [0.3, 0.4) is 0 Å². The first kappa shape index (κ1) is 24.8. The molecule has 0 atom stereocenters. The quantitative estimate of drug-likeness (QED) is 0.246. The van der Waals surface area contributed by atoms with Crippen molar-refractivity contribution in [1.29, 1.82) is 0 Å². The second kappa shape index (κ2) is 10.8. The average Bonchev–Trinajstić information content (AvgIpc) is 2.77. The molecule has 0 fully saturated rings. The highest BCUT2D eigenvalue weighted by Crippen LogP contribution is 2.35. The molecule has 0 bridgehead atoms. The van der Waals surface area contributed by atoms with Gasteiger partial charge in [0.2, 0.25) is 0 Å². The Morgan fingerprint density at radius 3 is 1.42 bits per heavy atom. The van der Waals surface area contributed by atoms with Crippen molar-refractivity contribution >= 4 is 21.0 Å². The lowest BCUT2D eigenvalue weighted by Gasteiger charge is -2.13. The predicted octanol–water partition coefficient (Wildman–Crippen LogP) is 6.61. The first-order valence-electron chi connectivity index (χ1n) is 10.6. The van der Waals surface area contributed by atoms with E-state index in [-0.39, 0.29) is 15.8 Å². The molecule has 3 nitrogen and oxygen atoms in total. The Kier molecular flexibility index (Phi) is 8.14. The minimum Gasteiger partial charge on any atom is -0.744 e. The second-order valence-corrected chi connectivity index (χ2v) is 11.3. The average molecular weight is 477 g/mol. The standard InChI is InChI=1S/C21H21S.C7H8O3S/c1-16-14-17(2)21(18(3)15-16)22(19-10-6-4-7-11-19)20-12-8-5-9-13-20;1-6-2-4-7(5-3-6)11(8,9)10/h4-15H,1-3H3;2-5H,1H3,(H,8,9,10)/q+1;/p-1. The molecule has 4 aromatic carbocycles. The number of hydrogen-bond donors (Lipinski definition) is 0. The Balaban J connectivity index is 0.000000235. The van der Waals surface area contributed by atoms with Gasteiger partial charge in [-0.05, 0) is 64.1 Å². The largest absolute Gasteiger partial charge is 0.744 e. The van der Waals surface area contributed by atoms with Crippen LogP contribution < -0.4 is 0 Å². The number of aryl methyl sites for hydroxylation is 4. The third-order valence-corrected chi connectivity index (χ3v) is 8.47. The fourth-order valence-corrected chi connectivity index (χ4v) is 6.51. The van der Waals surface area contributed by atoms with E-state index in [0.717, 1.165) is 5.56 Å². The van der Waals surface area contributed by atoms with Crippen LogP contribution in [0.2, 0.25) is 0 Å². The summed E-state index contributed by atoms with van der Waals surface area (Å²) in [7, 11) is -4.32. The summed E-state index contributed by atoms with van der Waals surface area (Å²) in [5.41, 5.74) is 5.03. The van der Waals surface area contributed by atoms with E-state index in [9.17, 15) is 13.0 Å². The molecule has 170 valence electrons. The molecule has 0 aliphatic heterocycles. The molecule has 0 unspecified atom stereocenters. The summed E-state index contributed by atoms with van der Waals surface area (Å²) in [5.74, 6) is 0. The molecular formula is C28H28O3S2. The van der Waals surface area contributed by atoms with Crippen LogP contribution in [0.15, 0.2) is 117 Å². The van der Waals surface area contributed by atoms with Crippen LogP contribution in [0.25, 0.3) is 0 Å². The molecule has 0 amide bonds. The highest BCUT2D eigenvalue weighted by atomic mass is 32.2. The second-order valence-electron chi connectivity index (χ2n) is 7.93. The monoisotopic (exact) mass is 476 g/mol. The van der Waals surface area contributed by atoms with Crippen molar-refractivity contribution in [2.75, 3.05) is 0 Å². The summed E-state index contributed by atoms with van der Waals surface area (Å²) >= 11 is 0. The van der Waals surface area contributed by atoms with Crippen molar-refractivity contribution in [3.63, 3.8) is 0 Å². The maximum atomic E-state index is 10.4. The van der Waals surface area contributed by atoms with Gasteiger partial charge in [-0.1, -0.05) is 71.8 Å². The molecule has 0 heterocycles. The van der Waals surface area contributed by atoms with E-state index >= 15 is 0 Å². The molecule has 4 rings (SSSR count). The molecule has 0 aliphatic rings. The maximum absolute atomic E-state index is 10.4. The van der Waals surface area contributed by atoms with Crippen molar-refractivity contribution in [2.45, 2.75) is 47.3 Å². The lowest BCUT2D eigenvalue weighted by Crippen LogP contribution is -2.08. The highest BCUT2D eigenvalue weighted by molar-refractivity contribution is 7.97. The molecule has 0 spiro atoms. The first-order valence-corrected chi connectivity index (χ1v) is 13.2. The normalized spacial score (nSPS) is 11.1. The first-order chi connectivity index (χ1) is 15.7. The molecule has 5 heteroatoms. The summed E-state index contributed by atoms with van der Waals surface area (Å²) in [6, 6.07) is 32.1. The zero-order chi connectivity index (χ0) is 24.0. The smallest absolute Gasteiger partial charge is 0.172 e. The lowest BCUT2D eigenvalue weighted by molar-refractivity contribution is 0.463. The summed E-state index contributed by atoms with van der Waals surface area (Å²) in [6.07, 6.45) is 0. The lowest BCUT2D eigenvalue weighted by atomic mass is 10.1. The topological polar surface area (TPSA) is 57.2 Å². The molecule has 0 N–H and O–H groups in total. The van der Waals surface area contributed by atoms with Gasteiger partial charge in [0, 0.05) is 11.1 Å². The molecule has 0 saturated carbocycles. The zero-order valence-corrected chi connectivity index (χ0v) is 20.9. The fraction of sp³-hybridized carbons (Fsp3) is 0.143. The number of rotatable bonds is 4. The van der Waals surface area contributed by atoms with Crippen molar-refractivity contribution < 1.29 is 13.0 Å². The van der Waals surface area contributed by atoms with Crippen LogP contribution in [0.1, 0.15) is 22.3 Å². The van der Waals surface area contributed by atoms with E-state index in [1.165, 1.54) is 43.5 Å².